The lowest BCUT2D eigenvalue weighted by molar-refractivity contribution is -0.127. The van der Waals surface area contributed by atoms with E-state index in [1.165, 1.54) is 0 Å². The number of nitrogens with zero attached hydrogens (tertiary/aromatic N) is 3. The van der Waals surface area contributed by atoms with Crippen LogP contribution in [0.2, 0.25) is 0 Å². The molecule has 140 valence electrons. The highest BCUT2D eigenvalue weighted by Gasteiger charge is 2.24. The minimum Gasteiger partial charge on any atom is -0.376 e. The minimum atomic E-state index is -0.136. The SMILES string of the molecule is Cc1cc(/C=C(\C#N)C(=O)N2CCC(C)CC2)c(C)n1CC1CCCO1. The molecular weight excluding hydrogens is 326 g/mol. The van der Waals surface area contributed by atoms with Gasteiger partial charge in [-0.3, -0.25) is 4.79 Å². The Bertz CT molecular complexity index is 727. The van der Waals surface area contributed by atoms with E-state index in [1.807, 2.05) is 4.90 Å². The van der Waals surface area contributed by atoms with E-state index in [1.54, 1.807) is 6.08 Å². The Morgan fingerprint density at radius 3 is 2.69 bits per heavy atom. The van der Waals surface area contributed by atoms with Crippen LogP contribution in [0.4, 0.5) is 0 Å². The maximum absolute atomic E-state index is 12.7. The fourth-order valence-corrected chi connectivity index (χ4v) is 3.93. The molecule has 5 heteroatoms. The van der Waals surface area contributed by atoms with Crippen LogP contribution in [0.5, 0.6) is 0 Å². The van der Waals surface area contributed by atoms with Crippen molar-refractivity contribution in [2.75, 3.05) is 19.7 Å². The Kier molecular flexibility index (Phi) is 5.83. The fraction of sp³-hybridized carbons (Fsp3) is 0.619. The summed E-state index contributed by atoms with van der Waals surface area (Å²) in [6.07, 6.45) is 6.27. The molecule has 2 saturated heterocycles. The van der Waals surface area contributed by atoms with Crippen molar-refractivity contribution in [2.45, 2.75) is 59.1 Å². The number of hydrogen-bond acceptors (Lipinski definition) is 3. The molecule has 26 heavy (non-hydrogen) atoms. The molecule has 1 amide bonds. The molecule has 0 saturated carbocycles. The van der Waals surface area contributed by atoms with Crippen molar-refractivity contribution < 1.29 is 9.53 Å². The Balaban J connectivity index is 1.78. The second-order valence-electron chi connectivity index (χ2n) is 7.72. The molecule has 5 nitrogen and oxygen atoms in total. The zero-order valence-electron chi connectivity index (χ0n) is 16.1. The molecule has 0 N–H and O–H groups in total. The molecule has 1 unspecified atom stereocenters. The lowest BCUT2D eigenvalue weighted by Crippen LogP contribution is -2.38. The highest BCUT2D eigenvalue weighted by Crippen LogP contribution is 2.23. The number of aromatic nitrogens is 1. The summed E-state index contributed by atoms with van der Waals surface area (Å²) < 4.78 is 8.00. The van der Waals surface area contributed by atoms with Gasteiger partial charge in [-0.15, -0.1) is 0 Å². The minimum absolute atomic E-state index is 0.136. The molecular formula is C21H29N3O2. The lowest BCUT2D eigenvalue weighted by atomic mass is 9.98. The van der Waals surface area contributed by atoms with Crippen molar-refractivity contribution in [2.24, 2.45) is 5.92 Å². The van der Waals surface area contributed by atoms with Crippen molar-refractivity contribution in [3.8, 4) is 6.07 Å². The number of ether oxygens (including phenoxy) is 1. The monoisotopic (exact) mass is 355 g/mol. The molecule has 3 heterocycles. The summed E-state index contributed by atoms with van der Waals surface area (Å²) in [5, 5.41) is 9.54. The molecule has 0 spiro atoms. The van der Waals surface area contributed by atoms with Gasteiger partial charge in [0.25, 0.3) is 5.91 Å². The third-order valence-corrected chi connectivity index (χ3v) is 5.74. The molecule has 1 atom stereocenters. The number of aryl methyl sites for hydroxylation is 1. The first-order chi connectivity index (χ1) is 12.5. The van der Waals surface area contributed by atoms with Gasteiger partial charge in [0.2, 0.25) is 0 Å². The second kappa shape index (κ2) is 8.09. The summed E-state index contributed by atoms with van der Waals surface area (Å²) in [5.41, 5.74) is 3.42. The summed E-state index contributed by atoms with van der Waals surface area (Å²) in [4.78, 5) is 14.6. The van der Waals surface area contributed by atoms with Gasteiger partial charge in [-0.25, -0.2) is 0 Å². The second-order valence-corrected chi connectivity index (χ2v) is 7.72. The van der Waals surface area contributed by atoms with Crippen LogP contribution in [0.3, 0.4) is 0 Å². The van der Waals surface area contributed by atoms with Crippen LogP contribution < -0.4 is 0 Å². The van der Waals surface area contributed by atoms with Gasteiger partial charge in [-0.1, -0.05) is 6.92 Å². The number of amides is 1. The number of piperidine rings is 1. The molecule has 2 fully saturated rings. The largest absolute Gasteiger partial charge is 0.376 e. The molecule has 0 bridgehead atoms. The Labute approximate surface area is 156 Å². The van der Waals surface area contributed by atoms with Crippen LogP contribution in [0.25, 0.3) is 6.08 Å². The van der Waals surface area contributed by atoms with Crippen LogP contribution in [0.15, 0.2) is 11.6 Å². The average Bonchev–Trinajstić information content (AvgIpc) is 3.24. The summed E-state index contributed by atoms with van der Waals surface area (Å²) in [5.74, 6) is 0.522. The molecule has 2 aliphatic rings. The fourth-order valence-electron chi connectivity index (χ4n) is 3.93. The highest BCUT2D eigenvalue weighted by molar-refractivity contribution is 6.01. The first-order valence-electron chi connectivity index (χ1n) is 9.69. The number of carbonyl (C=O) groups is 1. The third kappa shape index (κ3) is 4.02. The van der Waals surface area contributed by atoms with Gasteiger partial charge in [0.15, 0.2) is 0 Å². The third-order valence-electron chi connectivity index (χ3n) is 5.74. The number of nitriles is 1. The molecule has 0 radical (unpaired) electrons. The maximum atomic E-state index is 12.7. The van der Waals surface area contributed by atoms with Gasteiger partial charge >= 0.3 is 0 Å². The van der Waals surface area contributed by atoms with Crippen molar-refractivity contribution in [3.63, 3.8) is 0 Å². The predicted molar refractivity (Wildman–Crippen MR) is 101 cm³/mol. The van der Waals surface area contributed by atoms with Crippen LogP contribution in [0, 0.1) is 31.1 Å². The van der Waals surface area contributed by atoms with E-state index >= 15 is 0 Å². The summed E-state index contributed by atoms with van der Waals surface area (Å²) >= 11 is 0. The molecule has 0 aliphatic carbocycles. The molecule has 3 rings (SSSR count). The van der Waals surface area contributed by atoms with Gasteiger partial charge in [0.1, 0.15) is 11.6 Å². The van der Waals surface area contributed by atoms with E-state index in [0.29, 0.717) is 5.92 Å². The topological polar surface area (TPSA) is 58.3 Å². The van der Waals surface area contributed by atoms with E-state index in [0.717, 1.165) is 68.9 Å². The quantitative estimate of drug-likeness (QED) is 0.614. The predicted octanol–water partition coefficient (Wildman–Crippen LogP) is 3.45. The molecule has 2 aliphatic heterocycles. The van der Waals surface area contributed by atoms with Crippen molar-refractivity contribution in [1.29, 1.82) is 5.26 Å². The summed E-state index contributed by atoms with van der Waals surface area (Å²) in [6.45, 7) is 9.51. The Morgan fingerprint density at radius 2 is 2.08 bits per heavy atom. The number of rotatable bonds is 4. The molecule has 1 aromatic heterocycles. The van der Waals surface area contributed by atoms with Gasteiger partial charge in [-0.05, 0) is 63.2 Å². The van der Waals surface area contributed by atoms with E-state index in [9.17, 15) is 10.1 Å². The molecule has 0 aromatic carbocycles. The standard InChI is InChI=1S/C21H29N3O2/c1-15-6-8-23(9-7-15)21(25)19(13-22)12-18-11-16(2)24(17(18)3)14-20-5-4-10-26-20/h11-12,15,20H,4-10,14H2,1-3H3/b19-12+. The van der Waals surface area contributed by atoms with Gasteiger partial charge in [0, 0.05) is 37.6 Å². The van der Waals surface area contributed by atoms with Gasteiger partial charge in [0.05, 0.1) is 6.10 Å². The maximum Gasteiger partial charge on any atom is 0.264 e. The lowest BCUT2D eigenvalue weighted by Gasteiger charge is -2.30. The number of likely N-dealkylation sites (tertiary alicyclic amines) is 1. The normalized spacial score (nSPS) is 21.8. The Hall–Kier alpha value is -2.06. The van der Waals surface area contributed by atoms with Crippen molar-refractivity contribution in [1.82, 2.24) is 9.47 Å². The van der Waals surface area contributed by atoms with Gasteiger partial charge in [-0.2, -0.15) is 5.26 Å². The Morgan fingerprint density at radius 1 is 1.35 bits per heavy atom. The van der Waals surface area contributed by atoms with Gasteiger partial charge < -0.3 is 14.2 Å². The van der Waals surface area contributed by atoms with E-state index in [4.69, 9.17) is 4.74 Å². The smallest absolute Gasteiger partial charge is 0.264 e. The van der Waals surface area contributed by atoms with Crippen molar-refractivity contribution in [3.05, 3.63) is 28.6 Å². The van der Waals surface area contributed by atoms with E-state index < -0.39 is 0 Å². The summed E-state index contributed by atoms with van der Waals surface area (Å²) in [7, 11) is 0. The highest BCUT2D eigenvalue weighted by atomic mass is 16.5. The van der Waals surface area contributed by atoms with Crippen LogP contribution in [-0.2, 0) is 16.1 Å². The van der Waals surface area contributed by atoms with Crippen LogP contribution >= 0.6 is 0 Å². The number of hydrogen-bond donors (Lipinski definition) is 0. The first kappa shape index (κ1) is 18.7. The van der Waals surface area contributed by atoms with Crippen molar-refractivity contribution >= 4 is 12.0 Å². The first-order valence-corrected chi connectivity index (χ1v) is 9.69. The van der Waals surface area contributed by atoms with E-state index in [2.05, 4.69) is 37.5 Å². The zero-order valence-corrected chi connectivity index (χ0v) is 16.1. The number of carbonyl (C=O) groups excluding carboxylic acids is 1. The average molecular weight is 355 g/mol. The van der Waals surface area contributed by atoms with E-state index in [-0.39, 0.29) is 17.6 Å². The molecule has 1 aromatic rings. The van der Waals surface area contributed by atoms with Crippen LogP contribution in [0.1, 0.15) is 49.6 Å². The zero-order chi connectivity index (χ0) is 18.7. The summed E-state index contributed by atoms with van der Waals surface area (Å²) in [6, 6.07) is 4.19. The van der Waals surface area contributed by atoms with Crippen LogP contribution in [-0.4, -0.2) is 41.2 Å².